The summed E-state index contributed by atoms with van der Waals surface area (Å²) in [5.41, 5.74) is 16.2. The van der Waals surface area contributed by atoms with Crippen LogP contribution in [0.25, 0.3) is 0 Å². The van der Waals surface area contributed by atoms with Gasteiger partial charge in [-0.05, 0) is 0 Å². The van der Waals surface area contributed by atoms with E-state index >= 15 is 0 Å². The van der Waals surface area contributed by atoms with Gasteiger partial charge in [0.05, 0.1) is 0 Å². The number of benzene rings is 3. The molecule has 0 amide bonds. The minimum absolute atomic E-state index is 0.493. The Hall–Kier alpha value is 0.544. The summed E-state index contributed by atoms with van der Waals surface area (Å²) in [5.74, 6) is 0. The molecule has 3 aromatic carbocycles. The monoisotopic (exact) mass is 985 g/mol. The molecule has 1 aliphatic heterocycles. The Kier molecular flexibility index (Phi) is 14.1. The van der Waals surface area contributed by atoms with Gasteiger partial charge in [0.1, 0.15) is 0 Å². The van der Waals surface area contributed by atoms with E-state index in [4.69, 9.17) is 0 Å². The average molecular weight is 987 g/mol. The van der Waals surface area contributed by atoms with Crippen molar-refractivity contribution in [2.75, 3.05) is 0 Å². The van der Waals surface area contributed by atoms with Crippen molar-refractivity contribution in [2.24, 2.45) is 0 Å². The van der Waals surface area contributed by atoms with E-state index in [0.717, 1.165) is 15.5 Å². The van der Waals surface area contributed by atoms with E-state index in [1.807, 2.05) is 16.6 Å². The van der Waals surface area contributed by atoms with Gasteiger partial charge in [0, 0.05) is 0 Å². The molecule has 305 valence electrons. The van der Waals surface area contributed by atoms with Gasteiger partial charge >= 0.3 is 361 Å². The van der Waals surface area contributed by atoms with E-state index in [0.29, 0.717) is 5.27 Å². The van der Waals surface area contributed by atoms with Gasteiger partial charge in [-0.15, -0.1) is 0 Å². The zero-order chi connectivity index (χ0) is 42.4. The predicted octanol–water partition coefficient (Wildman–Crippen LogP) is 13.5. The van der Waals surface area contributed by atoms with Crippen molar-refractivity contribution in [3.63, 3.8) is 0 Å². The van der Waals surface area contributed by atoms with Crippen LogP contribution < -0.4 is 12.5 Å². The Morgan fingerprint density at radius 3 is 0.891 bits per heavy atom. The van der Waals surface area contributed by atoms with E-state index in [2.05, 4.69) is 213 Å². The predicted molar refractivity (Wildman–Crippen MR) is 282 cm³/mol. The van der Waals surface area contributed by atoms with E-state index < -0.39 is 64.4 Å². The number of rotatable bonds is 12. The van der Waals surface area contributed by atoms with E-state index in [1.54, 1.807) is 12.6 Å². The maximum atomic E-state index is 2.94. The SMILES string of the molecule is Cc1cc(C)[c]([Sb]2([c]3c(C)cc(C)cc3C)[S]B(c3c(C([Si](C)(C)C)[Si](C)(C)C)cc(C([Si](C)(C)C)[Si](C)(C)C)cc3C([Si](C)(C)C)[Si](C)(C)C)[S]2)c(C)c1. The first-order chi connectivity index (χ1) is 24.5. The zero-order valence-corrected chi connectivity index (χ0v) is 50.2. The van der Waals surface area contributed by atoms with Gasteiger partial charge in [-0.25, -0.2) is 0 Å². The van der Waals surface area contributed by atoms with Crippen molar-refractivity contribution in [3.8, 4) is 0 Å². The van der Waals surface area contributed by atoms with Crippen molar-refractivity contribution in [2.45, 2.75) is 175 Å². The summed E-state index contributed by atoms with van der Waals surface area (Å²) >= 11 is -3.20. The van der Waals surface area contributed by atoms with Crippen LogP contribution in [-0.4, -0.2) is 69.7 Å². The van der Waals surface area contributed by atoms with E-state index in [9.17, 15) is 0 Å². The molecule has 0 atom stereocenters. The van der Waals surface area contributed by atoms with Gasteiger partial charge in [0.25, 0.3) is 0 Å². The molecule has 1 aliphatic rings. The summed E-state index contributed by atoms with van der Waals surface area (Å²) in [6.07, 6.45) is 0. The van der Waals surface area contributed by atoms with Crippen LogP contribution in [0.15, 0.2) is 36.4 Å². The van der Waals surface area contributed by atoms with Crippen molar-refractivity contribution in [3.05, 3.63) is 86.5 Å². The molecular formula is C45H81BS2SbSi6. The normalized spacial score (nSPS) is 16.1. The number of hydrogen-bond acceptors (Lipinski definition) is 2. The molecular weight excluding hydrogens is 906 g/mol. The van der Waals surface area contributed by atoms with Crippen LogP contribution in [-0.2, 0) is 0 Å². The molecule has 0 spiro atoms. The molecule has 1 heterocycles. The van der Waals surface area contributed by atoms with Crippen LogP contribution in [0.1, 0.15) is 65.6 Å². The van der Waals surface area contributed by atoms with Crippen molar-refractivity contribution >= 4 is 99.6 Å². The fourth-order valence-corrected chi connectivity index (χ4v) is 83.8. The molecule has 4 rings (SSSR count). The van der Waals surface area contributed by atoms with Crippen LogP contribution in [0, 0.1) is 41.5 Å². The molecule has 0 aliphatic carbocycles. The Balaban J connectivity index is 2.26. The second-order valence-corrected chi connectivity index (χ2v) is 77.7. The van der Waals surface area contributed by atoms with Gasteiger partial charge < -0.3 is 0 Å². The first-order valence-corrected chi connectivity index (χ1v) is 53.1. The molecule has 0 nitrogen and oxygen atoms in total. The molecule has 55 heavy (non-hydrogen) atoms. The Morgan fingerprint density at radius 1 is 0.400 bits per heavy atom. The molecule has 1 fully saturated rings. The third-order valence-electron chi connectivity index (χ3n) is 12.0. The summed E-state index contributed by atoms with van der Waals surface area (Å²) in [4.78, 5) is 0. The molecule has 1 saturated heterocycles. The maximum absolute atomic E-state index is 3.20. The van der Waals surface area contributed by atoms with E-state index in [1.165, 1.54) is 33.4 Å². The molecule has 0 aromatic heterocycles. The van der Waals surface area contributed by atoms with Crippen molar-refractivity contribution in [1.82, 2.24) is 0 Å². The molecule has 0 N–H and O–H groups in total. The summed E-state index contributed by atoms with van der Waals surface area (Å²) < 4.78 is 3.50. The quantitative estimate of drug-likeness (QED) is 0.166. The van der Waals surface area contributed by atoms with E-state index in [-0.39, 0.29) is 0 Å². The van der Waals surface area contributed by atoms with Gasteiger partial charge in [0.15, 0.2) is 0 Å². The Bertz CT molecular complexity index is 1710. The first kappa shape index (κ1) is 48.2. The summed E-state index contributed by atoms with van der Waals surface area (Å²) in [7, 11) is -4.58. The molecule has 0 saturated carbocycles. The van der Waals surface area contributed by atoms with Gasteiger partial charge in [-0.3, -0.25) is 0 Å². The van der Waals surface area contributed by atoms with Crippen LogP contribution in [0.2, 0.25) is 118 Å². The third kappa shape index (κ3) is 10.0. The zero-order valence-electron chi connectivity index (χ0n) is 40.0. The number of aryl methyl sites for hydroxylation is 6. The molecule has 10 heteroatoms. The van der Waals surface area contributed by atoms with Gasteiger partial charge in [-0.1, -0.05) is 0 Å². The summed E-state index contributed by atoms with van der Waals surface area (Å²) in [5, 5.41) is 2.68. The van der Waals surface area contributed by atoms with Crippen LogP contribution in [0.4, 0.5) is 0 Å². The standard InChI is InChI=1S/C27H59BS2Si6.2C9H11.Sb/c1-31(2,3)25(32(4,5)6)21-19-22(26(33(7,8)9)34(10,11)12)24(28(29)30)23(20-21)27(35(13,14)15)36(16,17)18;2*1-7-4-8(2)6-9(3)5-7;/h19-20,25-27H,1-18H3;2*4-5H,1-3H3;/q-2;;;+2. The van der Waals surface area contributed by atoms with Crippen molar-refractivity contribution in [1.29, 1.82) is 0 Å². The Morgan fingerprint density at radius 2 is 0.655 bits per heavy atom. The minimum atomic E-state index is -3.20. The molecule has 3 aromatic rings. The molecule has 1 radical (unpaired) electrons. The molecule has 0 bridgehead atoms. The van der Waals surface area contributed by atoms with Crippen LogP contribution in [0.5, 0.6) is 0 Å². The van der Waals surface area contributed by atoms with Gasteiger partial charge in [-0.2, -0.15) is 0 Å². The second-order valence-electron chi connectivity index (χ2n) is 24.2. The summed E-state index contributed by atoms with van der Waals surface area (Å²) in [6, 6.07) is 15.9. The molecule has 0 unspecified atom stereocenters. The number of hydrogen-bond donors (Lipinski definition) is 0. The topological polar surface area (TPSA) is 0 Å². The fraction of sp³-hybridized carbons (Fsp3) is 0.600. The first-order valence-electron chi connectivity index (χ1n) is 21.1. The van der Waals surface area contributed by atoms with Gasteiger partial charge in [0.2, 0.25) is 0 Å². The Labute approximate surface area is 357 Å². The summed E-state index contributed by atoms with van der Waals surface area (Å²) in [6.45, 7) is 63.1. The third-order valence-corrected chi connectivity index (χ3v) is 68.9. The second kappa shape index (κ2) is 16.1. The fourth-order valence-electron chi connectivity index (χ4n) is 12.4. The van der Waals surface area contributed by atoms with Crippen molar-refractivity contribution < 1.29 is 0 Å². The average Bonchev–Trinajstić information content (AvgIpc) is 2.85. The van der Waals surface area contributed by atoms with Crippen LogP contribution >= 0.6 is 17.4 Å². The van der Waals surface area contributed by atoms with Crippen LogP contribution in [0.3, 0.4) is 0 Å².